The van der Waals surface area contributed by atoms with Crippen molar-refractivity contribution in [3.05, 3.63) is 35.5 Å². The number of aryl methyl sites for hydroxylation is 1. The Balaban J connectivity index is 1.74. The molecule has 1 fully saturated rings. The molecule has 1 aliphatic rings. The summed E-state index contributed by atoms with van der Waals surface area (Å²) in [5, 5.41) is 8.00. The van der Waals surface area contributed by atoms with Crippen LogP contribution in [0.1, 0.15) is 22.5 Å². The van der Waals surface area contributed by atoms with E-state index in [0.717, 1.165) is 12.1 Å². The smallest absolute Gasteiger partial charge is 0.257 e. The zero-order valence-corrected chi connectivity index (χ0v) is 15.9. The largest absolute Gasteiger partial charge is 0.493 e. The number of ether oxygens (including phenoxy) is 4. The minimum Gasteiger partial charge on any atom is -0.493 e. The molecule has 1 amide bonds. The highest BCUT2D eigenvalue weighted by Crippen LogP contribution is 2.40. The number of rotatable bonds is 6. The molecule has 1 atom stereocenters. The molecule has 8 nitrogen and oxygen atoms in total. The monoisotopic (exact) mass is 373 g/mol. The summed E-state index contributed by atoms with van der Waals surface area (Å²) in [5.41, 5.74) is 1.25. The lowest BCUT2D eigenvalue weighted by atomic mass is 10.1. The third-order valence-electron chi connectivity index (χ3n) is 4.43. The average Bonchev–Trinajstić information content (AvgIpc) is 3.16. The van der Waals surface area contributed by atoms with Crippen molar-refractivity contribution in [2.24, 2.45) is 0 Å². The molecule has 0 bridgehead atoms. The molecule has 0 N–H and O–H groups in total. The molecule has 144 valence electrons. The first-order valence-corrected chi connectivity index (χ1v) is 8.62. The first kappa shape index (κ1) is 18.8. The first-order valence-electron chi connectivity index (χ1n) is 8.62. The van der Waals surface area contributed by atoms with Crippen LogP contribution in [0.25, 0.3) is 0 Å². The predicted octanol–water partition coefficient (Wildman–Crippen LogP) is 2.10. The maximum absolute atomic E-state index is 13.0. The lowest BCUT2D eigenvalue weighted by Gasteiger charge is -2.20. The van der Waals surface area contributed by atoms with E-state index < -0.39 is 0 Å². The Morgan fingerprint density at radius 2 is 1.81 bits per heavy atom. The van der Waals surface area contributed by atoms with Crippen molar-refractivity contribution >= 4 is 5.91 Å². The van der Waals surface area contributed by atoms with Gasteiger partial charge in [0.1, 0.15) is 6.10 Å². The van der Waals surface area contributed by atoms with Gasteiger partial charge in [0, 0.05) is 19.0 Å². The number of aromatic nitrogens is 2. The molecule has 27 heavy (non-hydrogen) atoms. The van der Waals surface area contributed by atoms with Gasteiger partial charge >= 0.3 is 0 Å². The van der Waals surface area contributed by atoms with E-state index in [2.05, 4.69) is 10.2 Å². The maximum atomic E-state index is 13.0. The van der Waals surface area contributed by atoms with Crippen LogP contribution in [0.2, 0.25) is 0 Å². The lowest BCUT2D eigenvalue weighted by molar-refractivity contribution is 0.0766. The van der Waals surface area contributed by atoms with Gasteiger partial charge in [0.2, 0.25) is 11.6 Å². The highest BCUT2D eigenvalue weighted by Gasteiger charge is 2.31. The van der Waals surface area contributed by atoms with E-state index >= 15 is 0 Å². The summed E-state index contributed by atoms with van der Waals surface area (Å²) in [6, 6.07) is 7.00. The Hall–Kier alpha value is -3.03. The third kappa shape index (κ3) is 3.89. The van der Waals surface area contributed by atoms with Gasteiger partial charge in [-0.25, -0.2) is 0 Å². The van der Waals surface area contributed by atoms with E-state index in [9.17, 15) is 4.79 Å². The van der Waals surface area contributed by atoms with Crippen LogP contribution in [0.4, 0.5) is 0 Å². The second kappa shape index (κ2) is 8.11. The van der Waals surface area contributed by atoms with E-state index in [1.165, 1.54) is 21.3 Å². The average molecular weight is 373 g/mol. The summed E-state index contributed by atoms with van der Waals surface area (Å²) in [4.78, 5) is 14.7. The molecule has 3 rings (SSSR count). The Labute approximate surface area is 158 Å². The second-order valence-electron chi connectivity index (χ2n) is 6.17. The van der Waals surface area contributed by atoms with Gasteiger partial charge in [-0.15, -0.1) is 5.10 Å². The molecule has 1 aromatic carbocycles. The Morgan fingerprint density at radius 3 is 2.44 bits per heavy atom. The molecule has 0 saturated carbocycles. The van der Waals surface area contributed by atoms with Gasteiger partial charge in [0.15, 0.2) is 11.5 Å². The minimum atomic E-state index is -0.145. The van der Waals surface area contributed by atoms with Crippen LogP contribution in [-0.2, 0) is 0 Å². The Kier molecular flexibility index (Phi) is 5.63. The van der Waals surface area contributed by atoms with Crippen LogP contribution < -0.4 is 18.9 Å². The van der Waals surface area contributed by atoms with Gasteiger partial charge in [-0.05, 0) is 25.1 Å². The van der Waals surface area contributed by atoms with Crippen LogP contribution in [-0.4, -0.2) is 61.5 Å². The van der Waals surface area contributed by atoms with Crippen molar-refractivity contribution in [2.75, 3.05) is 34.4 Å². The molecule has 0 radical (unpaired) electrons. The third-order valence-corrected chi connectivity index (χ3v) is 4.43. The number of amides is 1. The number of likely N-dealkylation sites (tertiary alicyclic amines) is 1. The van der Waals surface area contributed by atoms with E-state index in [0.29, 0.717) is 41.8 Å². The molecule has 0 spiro atoms. The summed E-state index contributed by atoms with van der Waals surface area (Å²) in [5.74, 6) is 1.58. The molecule has 1 saturated heterocycles. The molecule has 2 heterocycles. The standard InChI is InChI=1S/C19H23N3O5/c1-12-5-8-16(21-20-12)27-13-9-10-22(11-13)19(23)14-6-7-15(24-2)18(26-4)17(14)25-3/h5-8,13H,9-11H2,1-4H3. The zero-order valence-electron chi connectivity index (χ0n) is 15.9. The van der Waals surface area contributed by atoms with Crippen molar-refractivity contribution in [1.82, 2.24) is 15.1 Å². The lowest BCUT2D eigenvalue weighted by Crippen LogP contribution is -2.31. The van der Waals surface area contributed by atoms with Gasteiger partial charge in [-0.3, -0.25) is 4.79 Å². The molecular formula is C19H23N3O5. The van der Waals surface area contributed by atoms with Gasteiger partial charge in [-0.2, -0.15) is 5.10 Å². The van der Waals surface area contributed by atoms with Crippen molar-refractivity contribution < 1.29 is 23.7 Å². The summed E-state index contributed by atoms with van der Waals surface area (Å²) in [6.45, 7) is 2.91. The second-order valence-corrected chi connectivity index (χ2v) is 6.17. The van der Waals surface area contributed by atoms with E-state index in [1.807, 2.05) is 13.0 Å². The first-order chi connectivity index (χ1) is 13.1. The number of hydrogen-bond donors (Lipinski definition) is 0. The molecule has 8 heteroatoms. The number of nitrogens with zero attached hydrogens (tertiary/aromatic N) is 3. The van der Waals surface area contributed by atoms with Gasteiger partial charge in [0.25, 0.3) is 5.91 Å². The molecule has 1 aliphatic heterocycles. The minimum absolute atomic E-state index is 0.128. The van der Waals surface area contributed by atoms with Crippen LogP contribution in [0, 0.1) is 6.92 Å². The quantitative estimate of drug-likeness (QED) is 0.767. The van der Waals surface area contributed by atoms with Crippen molar-refractivity contribution in [2.45, 2.75) is 19.4 Å². The highest BCUT2D eigenvalue weighted by molar-refractivity contribution is 5.98. The van der Waals surface area contributed by atoms with Crippen molar-refractivity contribution in [3.8, 4) is 23.1 Å². The molecule has 1 unspecified atom stereocenters. The summed E-state index contributed by atoms with van der Waals surface area (Å²) < 4.78 is 21.9. The molecule has 0 aliphatic carbocycles. The fourth-order valence-electron chi connectivity index (χ4n) is 3.07. The summed E-state index contributed by atoms with van der Waals surface area (Å²) in [6.07, 6.45) is 0.591. The maximum Gasteiger partial charge on any atom is 0.257 e. The van der Waals surface area contributed by atoms with Crippen LogP contribution in [0.3, 0.4) is 0 Å². The van der Waals surface area contributed by atoms with Gasteiger partial charge in [0.05, 0.1) is 39.1 Å². The van der Waals surface area contributed by atoms with E-state index in [-0.39, 0.29) is 12.0 Å². The normalized spacial score (nSPS) is 16.1. The number of benzene rings is 1. The SMILES string of the molecule is COc1ccc(C(=O)N2CCC(Oc3ccc(C)nn3)C2)c(OC)c1OC. The zero-order chi connectivity index (χ0) is 19.4. The van der Waals surface area contributed by atoms with Crippen LogP contribution in [0.15, 0.2) is 24.3 Å². The fourth-order valence-corrected chi connectivity index (χ4v) is 3.07. The summed E-state index contributed by atoms with van der Waals surface area (Å²) >= 11 is 0. The fraction of sp³-hybridized carbons (Fsp3) is 0.421. The number of hydrogen-bond acceptors (Lipinski definition) is 7. The van der Waals surface area contributed by atoms with Crippen LogP contribution >= 0.6 is 0 Å². The number of carbonyl (C=O) groups excluding carboxylic acids is 1. The predicted molar refractivity (Wildman–Crippen MR) is 97.8 cm³/mol. The van der Waals surface area contributed by atoms with Gasteiger partial charge in [-0.1, -0.05) is 0 Å². The highest BCUT2D eigenvalue weighted by atomic mass is 16.5. The van der Waals surface area contributed by atoms with Crippen molar-refractivity contribution in [3.63, 3.8) is 0 Å². The van der Waals surface area contributed by atoms with Crippen molar-refractivity contribution in [1.29, 1.82) is 0 Å². The Morgan fingerprint density at radius 1 is 1.04 bits per heavy atom. The van der Waals surface area contributed by atoms with E-state index in [4.69, 9.17) is 18.9 Å². The summed E-state index contributed by atoms with van der Waals surface area (Å²) in [7, 11) is 4.55. The number of methoxy groups -OCH3 is 3. The van der Waals surface area contributed by atoms with Crippen LogP contribution in [0.5, 0.6) is 23.1 Å². The van der Waals surface area contributed by atoms with E-state index in [1.54, 1.807) is 23.1 Å². The topological polar surface area (TPSA) is 83.0 Å². The number of carbonyl (C=O) groups is 1. The van der Waals surface area contributed by atoms with Gasteiger partial charge < -0.3 is 23.8 Å². The molecular weight excluding hydrogens is 350 g/mol. The molecule has 2 aromatic rings. The Bertz CT molecular complexity index is 810. The molecule has 1 aromatic heterocycles.